The summed E-state index contributed by atoms with van der Waals surface area (Å²) in [6, 6.07) is 4.47. The number of nitrogens with two attached hydrogens (primary N) is 1. The van der Waals surface area contributed by atoms with Gasteiger partial charge in [0.1, 0.15) is 0 Å². The molecule has 2 N–H and O–H groups in total. The second-order valence-corrected chi connectivity index (χ2v) is 6.73. The van der Waals surface area contributed by atoms with Crippen molar-refractivity contribution in [2.24, 2.45) is 11.7 Å². The Labute approximate surface area is 115 Å². The molecule has 1 aliphatic carbocycles. The SMILES string of the molecule is COC1(C(N)CCc2cccs2)CCCC(C)C1. The molecule has 1 aromatic heterocycles. The van der Waals surface area contributed by atoms with Crippen molar-refractivity contribution >= 4 is 11.3 Å². The van der Waals surface area contributed by atoms with Gasteiger partial charge in [0.05, 0.1) is 5.60 Å². The monoisotopic (exact) mass is 267 g/mol. The average Bonchev–Trinajstić information content (AvgIpc) is 2.88. The molecule has 2 rings (SSSR count). The molecule has 18 heavy (non-hydrogen) atoms. The summed E-state index contributed by atoms with van der Waals surface area (Å²) in [5.74, 6) is 0.742. The van der Waals surface area contributed by atoms with Crippen LogP contribution in [0, 0.1) is 5.92 Å². The first kappa shape index (κ1) is 14.0. The molecule has 1 aromatic rings. The second kappa shape index (κ2) is 6.18. The molecule has 0 radical (unpaired) electrons. The minimum Gasteiger partial charge on any atom is -0.377 e. The van der Waals surface area contributed by atoms with Crippen LogP contribution in [-0.4, -0.2) is 18.8 Å². The van der Waals surface area contributed by atoms with Crippen LogP contribution >= 0.6 is 11.3 Å². The van der Waals surface area contributed by atoms with Crippen molar-refractivity contribution in [2.45, 2.75) is 57.1 Å². The molecule has 0 aromatic carbocycles. The fourth-order valence-corrected chi connectivity index (χ4v) is 3.96. The lowest BCUT2D eigenvalue weighted by Gasteiger charge is -2.43. The number of rotatable bonds is 5. The largest absolute Gasteiger partial charge is 0.377 e. The normalized spacial score (nSPS) is 30.3. The molecule has 0 amide bonds. The van der Waals surface area contributed by atoms with Gasteiger partial charge in [0.2, 0.25) is 0 Å². The summed E-state index contributed by atoms with van der Waals surface area (Å²) in [4.78, 5) is 1.43. The number of ether oxygens (including phenoxy) is 1. The summed E-state index contributed by atoms with van der Waals surface area (Å²) in [7, 11) is 1.84. The van der Waals surface area contributed by atoms with Crippen LogP contribution in [0.25, 0.3) is 0 Å². The lowest BCUT2D eigenvalue weighted by atomic mass is 9.73. The molecular weight excluding hydrogens is 242 g/mol. The topological polar surface area (TPSA) is 35.2 Å². The minimum atomic E-state index is -0.0745. The van der Waals surface area contributed by atoms with Crippen molar-refractivity contribution in [3.05, 3.63) is 22.4 Å². The minimum absolute atomic E-state index is 0.0745. The lowest BCUT2D eigenvalue weighted by molar-refractivity contribution is -0.0721. The molecular formula is C15H25NOS. The molecule has 3 unspecified atom stereocenters. The number of thiophene rings is 1. The van der Waals surface area contributed by atoms with Crippen molar-refractivity contribution < 1.29 is 4.74 Å². The van der Waals surface area contributed by atoms with Crippen LogP contribution in [0.3, 0.4) is 0 Å². The fourth-order valence-electron chi connectivity index (χ4n) is 3.23. The van der Waals surface area contributed by atoms with E-state index >= 15 is 0 Å². The Hall–Kier alpha value is -0.380. The van der Waals surface area contributed by atoms with Crippen molar-refractivity contribution in [3.8, 4) is 0 Å². The van der Waals surface area contributed by atoms with Crippen LogP contribution in [0.15, 0.2) is 17.5 Å². The lowest BCUT2D eigenvalue weighted by Crippen LogP contribution is -2.52. The molecule has 0 saturated heterocycles. The van der Waals surface area contributed by atoms with Gasteiger partial charge in [0.25, 0.3) is 0 Å². The molecule has 102 valence electrons. The van der Waals surface area contributed by atoms with Crippen molar-refractivity contribution in [1.82, 2.24) is 0 Å². The van der Waals surface area contributed by atoms with Crippen molar-refractivity contribution in [2.75, 3.05) is 7.11 Å². The summed E-state index contributed by atoms with van der Waals surface area (Å²) in [6.45, 7) is 2.32. The second-order valence-electron chi connectivity index (χ2n) is 5.69. The van der Waals surface area contributed by atoms with Gasteiger partial charge in [-0.3, -0.25) is 0 Å². The van der Waals surface area contributed by atoms with Gasteiger partial charge in [-0.1, -0.05) is 25.8 Å². The van der Waals surface area contributed by atoms with Crippen molar-refractivity contribution in [1.29, 1.82) is 0 Å². The van der Waals surface area contributed by atoms with E-state index in [2.05, 4.69) is 24.4 Å². The van der Waals surface area contributed by atoms with Gasteiger partial charge in [-0.25, -0.2) is 0 Å². The zero-order valence-electron chi connectivity index (χ0n) is 11.5. The fraction of sp³-hybridized carbons (Fsp3) is 0.733. The van der Waals surface area contributed by atoms with E-state index in [1.807, 2.05) is 18.4 Å². The maximum atomic E-state index is 6.45. The number of hydrogen-bond donors (Lipinski definition) is 1. The van der Waals surface area contributed by atoms with Gasteiger partial charge < -0.3 is 10.5 Å². The highest BCUT2D eigenvalue weighted by Crippen LogP contribution is 2.37. The van der Waals surface area contributed by atoms with E-state index in [9.17, 15) is 0 Å². The quantitative estimate of drug-likeness (QED) is 0.884. The zero-order valence-corrected chi connectivity index (χ0v) is 12.3. The smallest absolute Gasteiger partial charge is 0.0831 e. The zero-order chi connectivity index (χ0) is 13.0. The van der Waals surface area contributed by atoms with E-state index in [0.29, 0.717) is 0 Å². The Morgan fingerprint density at radius 3 is 3.06 bits per heavy atom. The van der Waals surface area contributed by atoms with Crippen LogP contribution < -0.4 is 5.73 Å². The Morgan fingerprint density at radius 2 is 2.44 bits per heavy atom. The van der Waals surface area contributed by atoms with Gasteiger partial charge in [0.15, 0.2) is 0 Å². The average molecular weight is 267 g/mol. The molecule has 2 nitrogen and oxygen atoms in total. The number of hydrogen-bond acceptors (Lipinski definition) is 3. The Kier molecular flexibility index (Phi) is 4.82. The molecule has 0 bridgehead atoms. The Morgan fingerprint density at radius 1 is 1.61 bits per heavy atom. The highest BCUT2D eigenvalue weighted by Gasteiger charge is 2.39. The number of methoxy groups -OCH3 is 1. The molecule has 1 saturated carbocycles. The van der Waals surface area contributed by atoms with Crippen LogP contribution in [0.4, 0.5) is 0 Å². The van der Waals surface area contributed by atoms with Gasteiger partial charge in [-0.05, 0) is 43.0 Å². The Bertz CT molecular complexity index is 351. The van der Waals surface area contributed by atoms with E-state index in [1.165, 1.54) is 17.7 Å². The first-order chi connectivity index (χ1) is 8.66. The van der Waals surface area contributed by atoms with Gasteiger partial charge in [-0.2, -0.15) is 0 Å². The van der Waals surface area contributed by atoms with E-state index in [-0.39, 0.29) is 11.6 Å². The standard InChI is InChI=1S/C15H25NOS/c1-12-5-3-9-15(11-12,17-2)14(16)8-7-13-6-4-10-18-13/h4,6,10,12,14H,3,5,7-9,11,16H2,1-2H3. The molecule has 0 aliphatic heterocycles. The van der Waals surface area contributed by atoms with E-state index in [1.54, 1.807) is 0 Å². The maximum Gasteiger partial charge on any atom is 0.0831 e. The van der Waals surface area contributed by atoms with Crippen LogP contribution in [-0.2, 0) is 11.2 Å². The van der Waals surface area contributed by atoms with Crippen molar-refractivity contribution in [3.63, 3.8) is 0 Å². The molecule has 1 aliphatic rings. The molecule has 0 spiro atoms. The van der Waals surface area contributed by atoms with Crippen LogP contribution in [0.1, 0.15) is 43.9 Å². The van der Waals surface area contributed by atoms with Crippen LogP contribution in [0.5, 0.6) is 0 Å². The molecule has 3 atom stereocenters. The highest BCUT2D eigenvalue weighted by molar-refractivity contribution is 7.09. The predicted octanol–water partition coefficient (Wildman–Crippen LogP) is 3.60. The summed E-state index contributed by atoms with van der Waals surface area (Å²) >= 11 is 1.82. The molecule has 1 fully saturated rings. The summed E-state index contributed by atoms with van der Waals surface area (Å²) in [6.07, 6.45) is 6.93. The van der Waals surface area contributed by atoms with E-state index in [4.69, 9.17) is 10.5 Å². The van der Waals surface area contributed by atoms with Gasteiger partial charge in [-0.15, -0.1) is 11.3 Å². The highest BCUT2D eigenvalue weighted by atomic mass is 32.1. The summed E-state index contributed by atoms with van der Waals surface area (Å²) < 4.78 is 5.86. The van der Waals surface area contributed by atoms with Gasteiger partial charge in [0, 0.05) is 18.0 Å². The molecule has 1 heterocycles. The first-order valence-electron chi connectivity index (χ1n) is 6.99. The summed E-state index contributed by atoms with van der Waals surface area (Å²) in [5.41, 5.74) is 6.38. The maximum absolute atomic E-state index is 6.45. The Balaban J connectivity index is 1.94. The summed E-state index contributed by atoms with van der Waals surface area (Å²) in [5, 5.41) is 2.13. The third-order valence-corrected chi connectivity index (χ3v) is 5.29. The first-order valence-corrected chi connectivity index (χ1v) is 7.87. The van der Waals surface area contributed by atoms with E-state index in [0.717, 1.165) is 31.6 Å². The van der Waals surface area contributed by atoms with Gasteiger partial charge >= 0.3 is 0 Å². The molecule has 3 heteroatoms. The predicted molar refractivity (Wildman–Crippen MR) is 78.0 cm³/mol. The van der Waals surface area contributed by atoms with E-state index < -0.39 is 0 Å². The van der Waals surface area contributed by atoms with Crippen LogP contribution in [0.2, 0.25) is 0 Å². The third-order valence-electron chi connectivity index (χ3n) is 4.35. The third kappa shape index (κ3) is 3.14. The number of aryl methyl sites for hydroxylation is 1.